The molecule has 4 aromatic carbocycles. The number of aryl methyl sites for hydroxylation is 2. The van der Waals surface area contributed by atoms with Crippen LogP contribution in [0.3, 0.4) is 0 Å². The molecule has 1 amide bonds. The first-order valence-electron chi connectivity index (χ1n) is 11.7. The van der Waals surface area contributed by atoms with Gasteiger partial charge >= 0.3 is 0 Å². The number of rotatable bonds is 5. The summed E-state index contributed by atoms with van der Waals surface area (Å²) in [7, 11) is 0. The third-order valence-electron chi connectivity index (χ3n) is 6.80. The van der Waals surface area contributed by atoms with Crippen molar-refractivity contribution in [3.8, 4) is 11.1 Å². The van der Waals surface area contributed by atoms with E-state index in [1.807, 2.05) is 30.3 Å². The summed E-state index contributed by atoms with van der Waals surface area (Å²) in [5, 5.41) is 0. The maximum absolute atomic E-state index is 14.2. The van der Waals surface area contributed by atoms with Crippen LogP contribution < -0.4 is 0 Å². The Bertz CT molecular complexity index is 1260. The number of benzene rings is 4. The van der Waals surface area contributed by atoms with Gasteiger partial charge in [0.25, 0.3) is 5.91 Å². The summed E-state index contributed by atoms with van der Waals surface area (Å²) in [6, 6.07) is 33.6. The molecule has 0 bridgehead atoms. The van der Waals surface area contributed by atoms with Gasteiger partial charge in [0, 0.05) is 18.2 Å². The van der Waals surface area contributed by atoms with Crippen LogP contribution in [-0.4, -0.2) is 16.8 Å². The molecule has 0 saturated heterocycles. The first kappa shape index (κ1) is 21.2. The molecular weight excluding hydrogens is 402 g/mol. The third kappa shape index (κ3) is 4.34. The number of nitrogens with zero attached hydrogens (tertiary/aromatic N) is 1. The molecule has 164 valence electrons. The van der Waals surface area contributed by atoms with E-state index in [1.165, 1.54) is 27.8 Å². The highest BCUT2D eigenvalue weighted by Gasteiger charge is 2.31. The van der Waals surface area contributed by atoms with E-state index in [0.717, 1.165) is 29.5 Å². The summed E-state index contributed by atoms with van der Waals surface area (Å²) in [5.41, 5.74) is 9.18. The zero-order valence-electron chi connectivity index (χ0n) is 19.3. The summed E-state index contributed by atoms with van der Waals surface area (Å²) in [4.78, 5) is 16.3. The van der Waals surface area contributed by atoms with Gasteiger partial charge in [-0.05, 0) is 66.1 Å². The van der Waals surface area contributed by atoms with Crippen LogP contribution in [0.25, 0.3) is 11.1 Å². The molecule has 33 heavy (non-hydrogen) atoms. The zero-order valence-corrected chi connectivity index (χ0v) is 19.3. The molecule has 0 radical (unpaired) electrons. The molecule has 0 N–H and O–H groups in total. The lowest BCUT2D eigenvalue weighted by molar-refractivity contribution is 0.0668. The van der Waals surface area contributed by atoms with E-state index in [1.54, 1.807) is 0 Å². The lowest BCUT2D eigenvalue weighted by atomic mass is 9.94. The number of amides is 1. The van der Waals surface area contributed by atoms with Crippen LogP contribution in [-0.2, 0) is 19.4 Å². The average molecular weight is 432 g/mol. The Morgan fingerprint density at radius 3 is 1.97 bits per heavy atom. The Hall–Kier alpha value is -3.65. The smallest absolute Gasteiger partial charge is 0.255 e. The van der Waals surface area contributed by atoms with Gasteiger partial charge in [-0.25, -0.2) is 0 Å². The van der Waals surface area contributed by atoms with Crippen LogP contribution in [0.2, 0.25) is 0 Å². The molecule has 0 fully saturated rings. The molecule has 5 rings (SSSR count). The van der Waals surface area contributed by atoms with Crippen molar-refractivity contribution in [3.05, 3.63) is 130 Å². The van der Waals surface area contributed by atoms with Crippen molar-refractivity contribution in [3.63, 3.8) is 0 Å². The van der Waals surface area contributed by atoms with Crippen LogP contribution in [0.4, 0.5) is 0 Å². The second kappa shape index (κ2) is 9.07. The molecule has 4 aromatic rings. The molecule has 0 heterocycles. The molecule has 0 saturated carbocycles. The minimum absolute atomic E-state index is 0.104. The van der Waals surface area contributed by atoms with Crippen LogP contribution in [0.15, 0.2) is 97.1 Å². The van der Waals surface area contributed by atoms with Crippen molar-refractivity contribution in [2.24, 2.45) is 0 Å². The Morgan fingerprint density at radius 2 is 1.30 bits per heavy atom. The van der Waals surface area contributed by atoms with E-state index in [2.05, 4.69) is 85.5 Å². The molecule has 0 aromatic heterocycles. The van der Waals surface area contributed by atoms with Crippen molar-refractivity contribution < 1.29 is 4.79 Å². The van der Waals surface area contributed by atoms with E-state index in [0.29, 0.717) is 6.54 Å². The first-order chi connectivity index (χ1) is 16.1. The summed E-state index contributed by atoms with van der Waals surface area (Å²) in [5.74, 6) is 0.104. The number of fused-ring (bicyclic) bond motifs is 1. The van der Waals surface area contributed by atoms with E-state index in [-0.39, 0.29) is 11.9 Å². The van der Waals surface area contributed by atoms with Crippen LogP contribution in [0, 0.1) is 13.8 Å². The lowest BCUT2D eigenvalue weighted by Crippen LogP contribution is -2.40. The molecule has 2 heteroatoms. The minimum Gasteiger partial charge on any atom is -0.331 e. The maximum atomic E-state index is 14.2. The van der Waals surface area contributed by atoms with Crippen LogP contribution in [0.5, 0.6) is 0 Å². The predicted octanol–water partition coefficient (Wildman–Crippen LogP) is 6.78. The number of hydrogen-bond donors (Lipinski definition) is 0. The SMILES string of the molecule is Cc1ccc(CN(C(=O)c2ccccc2-c2ccccc2C)C2Cc3ccccc3C2)cc1. The largest absolute Gasteiger partial charge is 0.331 e. The fraction of sp³-hybridized carbons (Fsp3) is 0.194. The highest BCUT2D eigenvalue weighted by molar-refractivity contribution is 6.01. The Balaban J connectivity index is 1.54. The third-order valence-corrected chi connectivity index (χ3v) is 6.80. The second-order valence-electron chi connectivity index (χ2n) is 9.11. The van der Waals surface area contributed by atoms with E-state index in [4.69, 9.17) is 0 Å². The molecule has 2 nitrogen and oxygen atoms in total. The second-order valence-corrected chi connectivity index (χ2v) is 9.11. The van der Waals surface area contributed by atoms with Gasteiger partial charge in [0.05, 0.1) is 0 Å². The highest BCUT2D eigenvalue weighted by Crippen LogP contribution is 2.31. The number of hydrogen-bond acceptors (Lipinski definition) is 1. The van der Waals surface area contributed by atoms with E-state index in [9.17, 15) is 4.79 Å². The number of carbonyl (C=O) groups is 1. The first-order valence-corrected chi connectivity index (χ1v) is 11.7. The van der Waals surface area contributed by atoms with Gasteiger partial charge in [0.2, 0.25) is 0 Å². The van der Waals surface area contributed by atoms with E-state index < -0.39 is 0 Å². The molecule has 1 aliphatic carbocycles. The van der Waals surface area contributed by atoms with Gasteiger partial charge in [-0.15, -0.1) is 0 Å². The fourth-order valence-electron chi connectivity index (χ4n) is 4.95. The predicted molar refractivity (Wildman–Crippen MR) is 135 cm³/mol. The zero-order chi connectivity index (χ0) is 22.8. The molecule has 0 unspecified atom stereocenters. The quantitative estimate of drug-likeness (QED) is 0.341. The van der Waals surface area contributed by atoms with Gasteiger partial charge in [-0.2, -0.15) is 0 Å². The summed E-state index contributed by atoms with van der Waals surface area (Å²) in [6.45, 7) is 4.81. The normalized spacial score (nSPS) is 13.0. The molecule has 0 atom stereocenters. The summed E-state index contributed by atoms with van der Waals surface area (Å²) < 4.78 is 0. The Kier molecular flexibility index (Phi) is 5.83. The summed E-state index contributed by atoms with van der Waals surface area (Å²) in [6.07, 6.45) is 1.81. The summed E-state index contributed by atoms with van der Waals surface area (Å²) >= 11 is 0. The lowest BCUT2D eigenvalue weighted by Gasteiger charge is -2.30. The van der Waals surface area contributed by atoms with Crippen molar-refractivity contribution in [1.29, 1.82) is 0 Å². The molecule has 0 spiro atoms. The molecule has 1 aliphatic rings. The van der Waals surface area contributed by atoms with Gasteiger partial charge in [-0.3, -0.25) is 4.79 Å². The minimum atomic E-state index is 0.104. The highest BCUT2D eigenvalue weighted by atomic mass is 16.2. The standard InChI is InChI=1S/C31H29NO/c1-22-15-17-24(18-16-22)21-32(27-19-25-10-4-5-11-26(25)20-27)31(33)30-14-8-7-13-29(30)28-12-6-3-9-23(28)2/h3-18,27H,19-21H2,1-2H3. The van der Waals surface area contributed by atoms with Gasteiger partial charge in [0.15, 0.2) is 0 Å². The number of carbonyl (C=O) groups excluding carboxylic acids is 1. The maximum Gasteiger partial charge on any atom is 0.255 e. The topological polar surface area (TPSA) is 20.3 Å². The van der Waals surface area contributed by atoms with Crippen LogP contribution >= 0.6 is 0 Å². The van der Waals surface area contributed by atoms with Gasteiger partial charge in [0.1, 0.15) is 0 Å². The molecular formula is C31H29NO. The van der Waals surface area contributed by atoms with Crippen molar-refractivity contribution >= 4 is 5.91 Å². The van der Waals surface area contributed by atoms with E-state index >= 15 is 0 Å². The monoisotopic (exact) mass is 431 g/mol. The Labute approximate surface area is 196 Å². The van der Waals surface area contributed by atoms with Crippen molar-refractivity contribution in [2.75, 3.05) is 0 Å². The van der Waals surface area contributed by atoms with Gasteiger partial charge in [-0.1, -0.05) is 96.6 Å². The fourth-order valence-corrected chi connectivity index (χ4v) is 4.95. The average Bonchev–Trinajstić information content (AvgIpc) is 3.28. The Morgan fingerprint density at radius 1 is 0.727 bits per heavy atom. The van der Waals surface area contributed by atoms with Crippen LogP contribution in [0.1, 0.15) is 38.2 Å². The van der Waals surface area contributed by atoms with Crippen molar-refractivity contribution in [2.45, 2.75) is 39.3 Å². The van der Waals surface area contributed by atoms with Crippen molar-refractivity contribution in [1.82, 2.24) is 4.90 Å². The molecule has 0 aliphatic heterocycles. The van der Waals surface area contributed by atoms with Gasteiger partial charge < -0.3 is 4.90 Å².